The van der Waals surface area contributed by atoms with Crippen molar-refractivity contribution < 1.29 is 5.11 Å². The second kappa shape index (κ2) is 5.53. The molecule has 0 aliphatic heterocycles. The van der Waals surface area contributed by atoms with Gasteiger partial charge in [-0.2, -0.15) is 0 Å². The summed E-state index contributed by atoms with van der Waals surface area (Å²) in [4.78, 5) is 2.32. The summed E-state index contributed by atoms with van der Waals surface area (Å²) >= 11 is 0. The second-order valence-corrected chi connectivity index (χ2v) is 3.45. The number of phenols is 1. The average Bonchev–Trinajstić information content (AvgIpc) is 2.21. The summed E-state index contributed by atoms with van der Waals surface area (Å²) in [5.41, 5.74) is 1.19. The Balaban J connectivity index is 2.64. The van der Waals surface area contributed by atoms with Gasteiger partial charge in [-0.25, -0.2) is 0 Å². The number of hydrogen-bond acceptors (Lipinski definition) is 2. The molecular formula is C12H19NO. The van der Waals surface area contributed by atoms with Crippen LogP contribution in [-0.4, -0.2) is 18.2 Å². The summed E-state index contributed by atoms with van der Waals surface area (Å²) < 4.78 is 0. The number of aromatic hydroxyl groups is 1. The minimum Gasteiger partial charge on any atom is -0.508 e. The summed E-state index contributed by atoms with van der Waals surface area (Å²) in [7, 11) is 0. The topological polar surface area (TPSA) is 23.5 Å². The van der Waals surface area contributed by atoms with Crippen LogP contribution in [0.1, 0.15) is 26.7 Å². The van der Waals surface area contributed by atoms with Crippen LogP contribution in [0.5, 0.6) is 5.75 Å². The van der Waals surface area contributed by atoms with Crippen molar-refractivity contribution in [1.82, 2.24) is 0 Å². The van der Waals surface area contributed by atoms with Crippen LogP contribution in [0, 0.1) is 0 Å². The molecule has 2 heteroatoms. The van der Waals surface area contributed by atoms with Crippen molar-refractivity contribution in [3.63, 3.8) is 0 Å². The van der Waals surface area contributed by atoms with Gasteiger partial charge in [-0.3, -0.25) is 0 Å². The standard InChI is InChI=1S/C12H19NO/c1-3-5-10-13(4-2)11-6-8-12(14)9-7-11/h6-9,14H,3-5,10H2,1-2H3. The number of unbranched alkanes of at least 4 members (excludes halogenated alkanes) is 1. The van der Waals surface area contributed by atoms with E-state index >= 15 is 0 Å². The molecule has 0 fully saturated rings. The fraction of sp³-hybridized carbons (Fsp3) is 0.500. The first kappa shape index (κ1) is 10.9. The zero-order valence-corrected chi connectivity index (χ0v) is 9.03. The number of nitrogens with zero attached hydrogens (tertiary/aromatic N) is 1. The highest BCUT2D eigenvalue weighted by molar-refractivity contribution is 5.48. The molecule has 0 aromatic heterocycles. The molecule has 0 spiro atoms. The molecule has 1 N–H and O–H groups in total. The van der Waals surface area contributed by atoms with Gasteiger partial charge >= 0.3 is 0 Å². The van der Waals surface area contributed by atoms with Gasteiger partial charge in [0.15, 0.2) is 0 Å². The molecule has 0 aliphatic rings. The molecule has 14 heavy (non-hydrogen) atoms. The van der Waals surface area contributed by atoms with Crippen molar-refractivity contribution in [2.24, 2.45) is 0 Å². The molecule has 2 nitrogen and oxygen atoms in total. The van der Waals surface area contributed by atoms with E-state index in [2.05, 4.69) is 18.7 Å². The van der Waals surface area contributed by atoms with Gasteiger partial charge in [0, 0.05) is 18.8 Å². The molecule has 1 rings (SSSR count). The second-order valence-electron chi connectivity index (χ2n) is 3.45. The maximum absolute atomic E-state index is 9.17. The molecule has 0 atom stereocenters. The fourth-order valence-corrected chi connectivity index (χ4v) is 1.48. The summed E-state index contributed by atoms with van der Waals surface area (Å²) in [5.74, 6) is 0.334. The van der Waals surface area contributed by atoms with Gasteiger partial charge in [0.05, 0.1) is 0 Å². The van der Waals surface area contributed by atoms with E-state index in [9.17, 15) is 0 Å². The van der Waals surface area contributed by atoms with Gasteiger partial charge in [-0.1, -0.05) is 13.3 Å². The van der Waals surface area contributed by atoms with Crippen LogP contribution in [-0.2, 0) is 0 Å². The monoisotopic (exact) mass is 193 g/mol. The number of phenolic OH excluding ortho intramolecular Hbond substituents is 1. The third-order valence-electron chi connectivity index (χ3n) is 2.38. The molecule has 0 saturated heterocycles. The van der Waals surface area contributed by atoms with Crippen LogP contribution < -0.4 is 4.90 Å². The Morgan fingerprint density at radius 2 is 1.79 bits per heavy atom. The molecule has 1 aromatic rings. The van der Waals surface area contributed by atoms with E-state index in [0.717, 1.165) is 13.1 Å². The van der Waals surface area contributed by atoms with Crippen molar-refractivity contribution in [3.8, 4) is 5.75 Å². The summed E-state index contributed by atoms with van der Waals surface area (Å²) in [6.45, 7) is 6.47. The predicted octanol–water partition coefficient (Wildman–Crippen LogP) is 3.02. The van der Waals surface area contributed by atoms with Crippen molar-refractivity contribution in [2.75, 3.05) is 18.0 Å². The fourth-order valence-electron chi connectivity index (χ4n) is 1.48. The normalized spacial score (nSPS) is 10.1. The van der Waals surface area contributed by atoms with E-state index < -0.39 is 0 Å². The molecule has 78 valence electrons. The highest BCUT2D eigenvalue weighted by atomic mass is 16.3. The molecule has 1 aromatic carbocycles. The summed E-state index contributed by atoms with van der Waals surface area (Å²) in [6.07, 6.45) is 2.43. The summed E-state index contributed by atoms with van der Waals surface area (Å²) in [6, 6.07) is 7.41. The Morgan fingerprint density at radius 3 is 2.29 bits per heavy atom. The van der Waals surface area contributed by atoms with Gasteiger partial charge in [0.1, 0.15) is 5.75 Å². The van der Waals surface area contributed by atoms with Crippen molar-refractivity contribution in [2.45, 2.75) is 26.7 Å². The van der Waals surface area contributed by atoms with Crippen LogP contribution in [0.25, 0.3) is 0 Å². The minimum atomic E-state index is 0.334. The maximum atomic E-state index is 9.17. The highest BCUT2D eigenvalue weighted by Gasteiger charge is 2.02. The largest absolute Gasteiger partial charge is 0.508 e. The molecule has 0 amide bonds. The quantitative estimate of drug-likeness (QED) is 0.777. The Kier molecular flexibility index (Phi) is 4.30. The first-order valence-electron chi connectivity index (χ1n) is 5.32. The van der Waals surface area contributed by atoms with Gasteiger partial charge in [0.2, 0.25) is 0 Å². The van der Waals surface area contributed by atoms with Crippen LogP contribution in [0.2, 0.25) is 0 Å². The van der Waals surface area contributed by atoms with E-state index in [1.165, 1.54) is 18.5 Å². The average molecular weight is 193 g/mol. The Morgan fingerprint density at radius 1 is 1.14 bits per heavy atom. The first-order valence-corrected chi connectivity index (χ1v) is 5.32. The van der Waals surface area contributed by atoms with E-state index in [0.29, 0.717) is 5.75 Å². The van der Waals surface area contributed by atoms with Crippen LogP contribution >= 0.6 is 0 Å². The van der Waals surface area contributed by atoms with Crippen molar-refractivity contribution in [1.29, 1.82) is 0 Å². The van der Waals surface area contributed by atoms with Gasteiger partial charge in [-0.05, 0) is 37.6 Å². The predicted molar refractivity (Wildman–Crippen MR) is 60.9 cm³/mol. The number of benzene rings is 1. The number of rotatable bonds is 5. The maximum Gasteiger partial charge on any atom is 0.115 e. The third-order valence-corrected chi connectivity index (χ3v) is 2.38. The summed E-state index contributed by atoms with van der Waals surface area (Å²) in [5, 5.41) is 9.17. The molecule has 0 radical (unpaired) electrons. The Hall–Kier alpha value is -1.18. The van der Waals surface area contributed by atoms with Gasteiger partial charge in [-0.15, -0.1) is 0 Å². The molecule has 0 saturated carbocycles. The van der Waals surface area contributed by atoms with Gasteiger partial charge < -0.3 is 10.0 Å². The van der Waals surface area contributed by atoms with Crippen LogP contribution in [0.15, 0.2) is 24.3 Å². The lowest BCUT2D eigenvalue weighted by molar-refractivity contribution is 0.475. The Labute approximate surface area is 86.2 Å². The van der Waals surface area contributed by atoms with Crippen molar-refractivity contribution in [3.05, 3.63) is 24.3 Å². The van der Waals surface area contributed by atoms with E-state index in [1.807, 2.05) is 12.1 Å². The minimum absolute atomic E-state index is 0.334. The lowest BCUT2D eigenvalue weighted by Gasteiger charge is -2.22. The smallest absolute Gasteiger partial charge is 0.115 e. The molecular weight excluding hydrogens is 174 g/mol. The van der Waals surface area contributed by atoms with Crippen LogP contribution in [0.4, 0.5) is 5.69 Å². The lowest BCUT2D eigenvalue weighted by Crippen LogP contribution is -2.23. The zero-order chi connectivity index (χ0) is 10.4. The van der Waals surface area contributed by atoms with Crippen LogP contribution in [0.3, 0.4) is 0 Å². The van der Waals surface area contributed by atoms with E-state index in [4.69, 9.17) is 5.11 Å². The number of hydrogen-bond donors (Lipinski definition) is 1. The molecule has 0 heterocycles. The van der Waals surface area contributed by atoms with Crippen molar-refractivity contribution >= 4 is 5.69 Å². The Bertz CT molecular complexity index is 256. The molecule has 0 bridgehead atoms. The first-order chi connectivity index (χ1) is 6.77. The highest BCUT2D eigenvalue weighted by Crippen LogP contribution is 2.18. The van der Waals surface area contributed by atoms with E-state index in [-0.39, 0.29) is 0 Å². The lowest BCUT2D eigenvalue weighted by atomic mass is 10.2. The SMILES string of the molecule is CCCCN(CC)c1ccc(O)cc1. The van der Waals surface area contributed by atoms with Gasteiger partial charge in [0.25, 0.3) is 0 Å². The third kappa shape index (κ3) is 2.95. The van der Waals surface area contributed by atoms with E-state index in [1.54, 1.807) is 12.1 Å². The molecule has 0 unspecified atom stereocenters. The molecule has 0 aliphatic carbocycles. The number of anilines is 1. The zero-order valence-electron chi connectivity index (χ0n) is 9.03.